The molecule has 4 aromatic carbocycles. The van der Waals surface area contributed by atoms with Crippen LogP contribution < -0.4 is 0 Å². The monoisotopic (exact) mass is 324 g/mol. The normalized spacial score (nSPS) is 11.7. The largest absolute Gasteiger partial charge is 0.455 e. The van der Waals surface area contributed by atoms with Crippen LogP contribution in [0.4, 0.5) is 0 Å². The molecule has 0 spiro atoms. The van der Waals surface area contributed by atoms with Gasteiger partial charge >= 0.3 is 0 Å². The summed E-state index contributed by atoms with van der Waals surface area (Å²) in [5.41, 5.74) is 2.24. The lowest BCUT2D eigenvalue weighted by atomic mass is 9.97. The molecule has 2 nitrogen and oxygen atoms in total. The smallest absolute Gasteiger partial charge is 0.166 e. The van der Waals surface area contributed by atoms with E-state index in [9.17, 15) is 4.79 Å². The molecule has 0 unspecified atom stereocenters. The number of Topliss-reactive ketones (excluding diaryl/α,β-unsaturated/α-hetero) is 1. The minimum Gasteiger partial charge on any atom is -0.455 e. The molecule has 5 aromatic rings. The highest BCUT2D eigenvalue weighted by Gasteiger charge is 2.19. The highest BCUT2D eigenvalue weighted by molar-refractivity contribution is 6.26. The molecular formula is C23H16O2. The van der Waals surface area contributed by atoms with Crippen LogP contribution in [0.3, 0.4) is 0 Å². The number of benzene rings is 4. The zero-order valence-corrected chi connectivity index (χ0v) is 13.9. The molecule has 0 aliphatic carbocycles. The molecule has 120 valence electrons. The Bertz CT molecular complexity index is 1290. The Morgan fingerprint density at radius 3 is 2.32 bits per heavy atom. The second kappa shape index (κ2) is 5.18. The van der Waals surface area contributed by atoms with Crippen molar-refractivity contribution in [3.8, 4) is 0 Å². The molecule has 0 saturated heterocycles. The van der Waals surface area contributed by atoms with E-state index in [2.05, 4.69) is 36.4 Å². The first-order valence-corrected chi connectivity index (χ1v) is 8.57. The van der Waals surface area contributed by atoms with Gasteiger partial charge in [0.05, 0.1) is 5.56 Å². The van der Waals surface area contributed by atoms with Gasteiger partial charge in [-0.2, -0.15) is 0 Å². The van der Waals surface area contributed by atoms with E-state index in [0.29, 0.717) is 17.6 Å². The number of furan rings is 1. The molecule has 0 amide bonds. The Morgan fingerprint density at radius 1 is 0.800 bits per heavy atom. The summed E-state index contributed by atoms with van der Waals surface area (Å²) in [7, 11) is 0. The average Bonchev–Trinajstić information content (AvgIpc) is 3.07. The van der Waals surface area contributed by atoms with Crippen LogP contribution in [-0.4, -0.2) is 5.78 Å². The fraction of sp³-hybridized carbons (Fsp3) is 0.0870. The molecule has 1 heterocycles. The predicted octanol–water partition coefficient (Wildman–Crippen LogP) is 6.49. The number of carbonyl (C=O) groups is 1. The van der Waals surface area contributed by atoms with Crippen molar-refractivity contribution in [2.45, 2.75) is 13.3 Å². The van der Waals surface area contributed by atoms with Crippen LogP contribution in [0.15, 0.2) is 71.1 Å². The third-order valence-electron chi connectivity index (χ3n) is 4.98. The standard InChI is InChI=1S/C23H16O2/c1-2-20(24)19-13-15-8-4-5-9-16(15)21-18-12-11-14-7-3-6-10-17(14)22(18)25-23(19)21/h3-13H,2H2,1H3. The summed E-state index contributed by atoms with van der Waals surface area (Å²) in [4.78, 5) is 12.6. The van der Waals surface area contributed by atoms with E-state index in [1.165, 1.54) is 0 Å². The minimum absolute atomic E-state index is 0.110. The SMILES string of the molecule is CCC(=O)c1cc2ccccc2c2c1oc1c3ccccc3ccc12. The Balaban J connectivity index is 2.08. The predicted molar refractivity (Wildman–Crippen MR) is 103 cm³/mol. The van der Waals surface area contributed by atoms with Crippen LogP contribution in [-0.2, 0) is 0 Å². The highest BCUT2D eigenvalue weighted by Crippen LogP contribution is 2.39. The van der Waals surface area contributed by atoms with Crippen molar-refractivity contribution in [1.82, 2.24) is 0 Å². The molecule has 0 aliphatic heterocycles. The second-order valence-corrected chi connectivity index (χ2v) is 6.39. The van der Waals surface area contributed by atoms with Gasteiger partial charge in [-0.3, -0.25) is 4.79 Å². The molecule has 25 heavy (non-hydrogen) atoms. The van der Waals surface area contributed by atoms with Crippen molar-refractivity contribution < 1.29 is 9.21 Å². The van der Waals surface area contributed by atoms with Gasteiger partial charge in [0.2, 0.25) is 0 Å². The van der Waals surface area contributed by atoms with Crippen molar-refractivity contribution in [3.63, 3.8) is 0 Å². The summed E-state index contributed by atoms with van der Waals surface area (Å²) in [6.07, 6.45) is 0.464. The molecule has 5 rings (SSSR count). The van der Waals surface area contributed by atoms with Crippen molar-refractivity contribution in [2.24, 2.45) is 0 Å². The summed E-state index contributed by atoms with van der Waals surface area (Å²) in [5.74, 6) is 0.110. The molecule has 0 atom stereocenters. The molecule has 0 bridgehead atoms. The quantitative estimate of drug-likeness (QED) is 0.348. The lowest BCUT2D eigenvalue weighted by Crippen LogP contribution is -1.97. The van der Waals surface area contributed by atoms with Gasteiger partial charge in [-0.1, -0.05) is 61.5 Å². The number of carbonyl (C=O) groups excluding carboxylic acids is 1. The summed E-state index contributed by atoms with van der Waals surface area (Å²) < 4.78 is 6.31. The maximum atomic E-state index is 12.6. The minimum atomic E-state index is 0.110. The van der Waals surface area contributed by atoms with Gasteiger partial charge in [0, 0.05) is 22.6 Å². The zero-order chi connectivity index (χ0) is 17.0. The number of ketones is 1. The molecule has 0 aliphatic rings. The van der Waals surface area contributed by atoms with Gasteiger partial charge < -0.3 is 4.42 Å². The van der Waals surface area contributed by atoms with Crippen molar-refractivity contribution in [2.75, 3.05) is 0 Å². The maximum absolute atomic E-state index is 12.6. The van der Waals surface area contributed by atoms with Crippen LogP contribution in [0.2, 0.25) is 0 Å². The van der Waals surface area contributed by atoms with E-state index in [0.717, 1.165) is 37.9 Å². The Kier molecular flexibility index (Phi) is 2.95. The zero-order valence-electron chi connectivity index (χ0n) is 13.9. The first kappa shape index (κ1) is 14.2. The van der Waals surface area contributed by atoms with Crippen LogP contribution in [0.1, 0.15) is 23.7 Å². The highest BCUT2D eigenvalue weighted by atomic mass is 16.3. The Labute approximate surface area is 144 Å². The van der Waals surface area contributed by atoms with E-state index < -0.39 is 0 Å². The topological polar surface area (TPSA) is 30.2 Å². The van der Waals surface area contributed by atoms with Gasteiger partial charge in [-0.15, -0.1) is 0 Å². The third-order valence-corrected chi connectivity index (χ3v) is 4.98. The average molecular weight is 324 g/mol. The number of hydrogen-bond acceptors (Lipinski definition) is 2. The summed E-state index contributed by atoms with van der Waals surface area (Å²) in [5, 5.41) is 6.52. The van der Waals surface area contributed by atoms with Crippen molar-refractivity contribution in [3.05, 3.63) is 72.3 Å². The first-order valence-electron chi connectivity index (χ1n) is 8.57. The van der Waals surface area contributed by atoms with E-state index in [1.807, 2.05) is 37.3 Å². The lowest BCUT2D eigenvalue weighted by Gasteiger charge is -2.04. The summed E-state index contributed by atoms with van der Waals surface area (Å²) in [6, 6.07) is 22.6. The molecular weight excluding hydrogens is 308 g/mol. The van der Waals surface area contributed by atoms with Gasteiger partial charge in [0.15, 0.2) is 5.78 Å². The Hall–Kier alpha value is -3.13. The Morgan fingerprint density at radius 2 is 1.52 bits per heavy atom. The second-order valence-electron chi connectivity index (χ2n) is 6.39. The molecule has 0 fully saturated rings. The van der Waals surface area contributed by atoms with Crippen molar-refractivity contribution >= 4 is 49.3 Å². The molecule has 0 N–H and O–H groups in total. The van der Waals surface area contributed by atoms with Gasteiger partial charge in [-0.05, 0) is 28.3 Å². The van der Waals surface area contributed by atoms with E-state index in [4.69, 9.17) is 4.42 Å². The van der Waals surface area contributed by atoms with E-state index in [-0.39, 0.29) is 5.78 Å². The fourth-order valence-electron chi connectivity index (χ4n) is 3.75. The van der Waals surface area contributed by atoms with Crippen LogP contribution in [0, 0.1) is 0 Å². The third kappa shape index (κ3) is 1.94. The van der Waals surface area contributed by atoms with Gasteiger partial charge in [0.1, 0.15) is 11.2 Å². The first-order chi connectivity index (χ1) is 12.3. The summed E-state index contributed by atoms with van der Waals surface area (Å²) in [6.45, 7) is 1.89. The number of fused-ring (bicyclic) bond motifs is 7. The lowest BCUT2D eigenvalue weighted by molar-refractivity contribution is 0.0989. The summed E-state index contributed by atoms with van der Waals surface area (Å²) >= 11 is 0. The maximum Gasteiger partial charge on any atom is 0.166 e. The van der Waals surface area contributed by atoms with Crippen LogP contribution in [0.5, 0.6) is 0 Å². The van der Waals surface area contributed by atoms with E-state index >= 15 is 0 Å². The molecule has 0 saturated carbocycles. The fourth-order valence-corrected chi connectivity index (χ4v) is 3.75. The number of rotatable bonds is 2. The molecule has 2 heteroatoms. The van der Waals surface area contributed by atoms with Crippen LogP contribution >= 0.6 is 0 Å². The van der Waals surface area contributed by atoms with Crippen LogP contribution in [0.25, 0.3) is 43.5 Å². The number of hydrogen-bond donors (Lipinski definition) is 0. The molecule has 1 aromatic heterocycles. The van der Waals surface area contributed by atoms with E-state index in [1.54, 1.807) is 0 Å². The molecule has 0 radical (unpaired) electrons. The van der Waals surface area contributed by atoms with Gasteiger partial charge in [0.25, 0.3) is 0 Å². The van der Waals surface area contributed by atoms with Crippen molar-refractivity contribution in [1.29, 1.82) is 0 Å². The van der Waals surface area contributed by atoms with Gasteiger partial charge in [-0.25, -0.2) is 0 Å².